The van der Waals surface area contributed by atoms with E-state index >= 15 is 0 Å². The molecule has 5 rings (SSSR count). The summed E-state index contributed by atoms with van der Waals surface area (Å²) in [5, 5.41) is 2.79. The van der Waals surface area contributed by atoms with E-state index in [-0.39, 0.29) is 5.41 Å². The van der Waals surface area contributed by atoms with Crippen LogP contribution in [0, 0.1) is 11.8 Å². The molecule has 38 heavy (non-hydrogen) atoms. The van der Waals surface area contributed by atoms with E-state index in [4.69, 9.17) is 0 Å². The van der Waals surface area contributed by atoms with Gasteiger partial charge in [0.05, 0.1) is 9.40 Å². The van der Waals surface area contributed by atoms with E-state index in [1.54, 1.807) is 0 Å². The maximum Gasteiger partial charge on any atom is 0.0542 e. The monoisotopic (exact) mass is 536 g/mol. The number of fused-ring (bicyclic) bond motifs is 5. The van der Waals surface area contributed by atoms with Gasteiger partial charge in [-0.3, -0.25) is 0 Å². The van der Waals surface area contributed by atoms with Crippen molar-refractivity contribution < 1.29 is 0 Å². The first-order chi connectivity index (χ1) is 18.4. The average Bonchev–Trinajstić information content (AvgIpc) is 3.44. The predicted molar refractivity (Wildman–Crippen MR) is 172 cm³/mol. The molecule has 0 saturated carbocycles. The third kappa shape index (κ3) is 6.33. The molecular weight excluding hydrogens is 497 g/mol. The number of hydrogen-bond donors (Lipinski definition) is 0. The Morgan fingerprint density at radius 1 is 0.605 bits per heavy atom. The van der Waals surface area contributed by atoms with Crippen LogP contribution in [-0.2, 0) is 11.8 Å². The molecule has 0 aliphatic heterocycles. The molecule has 0 unspecified atom stereocenters. The summed E-state index contributed by atoms with van der Waals surface area (Å²) in [4.78, 5) is 0. The van der Waals surface area contributed by atoms with Crippen LogP contribution < -0.4 is 0 Å². The Balaban J connectivity index is 1.27. The van der Waals surface area contributed by atoms with E-state index in [0.717, 1.165) is 11.1 Å². The number of rotatable bonds is 9. The first-order valence-electron chi connectivity index (χ1n) is 14.4. The number of benzene rings is 3. The summed E-state index contributed by atoms with van der Waals surface area (Å²) in [6.07, 6.45) is 12.2. The van der Waals surface area contributed by atoms with E-state index in [1.165, 1.54) is 98.5 Å². The first-order valence-corrected chi connectivity index (χ1v) is 16.1. The fourth-order valence-corrected chi connectivity index (χ4v) is 7.95. The lowest BCUT2D eigenvalue weighted by Crippen LogP contribution is -2.10. The lowest BCUT2D eigenvalue weighted by molar-refractivity contribution is 0.575. The number of thiophene rings is 2. The molecule has 0 aliphatic rings. The fourth-order valence-electron chi connectivity index (χ4n) is 5.19. The smallest absolute Gasteiger partial charge is 0.0542 e. The third-order valence-electron chi connectivity index (χ3n) is 7.57. The van der Waals surface area contributed by atoms with Crippen LogP contribution in [0.25, 0.3) is 29.6 Å². The lowest BCUT2D eigenvalue weighted by atomic mass is 9.87. The maximum atomic E-state index is 3.39. The summed E-state index contributed by atoms with van der Waals surface area (Å²) in [5.74, 6) is 6.75. The van der Waals surface area contributed by atoms with Crippen molar-refractivity contribution in [1.29, 1.82) is 0 Å². The van der Waals surface area contributed by atoms with Crippen molar-refractivity contribution in [2.75, 3.05) is 0 Å². The fraction of sp³-hybridized carbons (Fsp3) is 0.389. The van der Waals surface area contributed by atoms with E-state index in [0.29, 0.717) is 0 Å². The zero-order valence-corrected chi connectivity index (χ0v) is 25.1. The molecule has 0 bridgehead atoms. The highest BCUT2D eigenvalue weighted by Crippen LogP contribution is 2.44. The summed E-state index contributed by atoms with van der Waals surface area (Å²) in [6, 6.07) is 22.6. The standard InChI is InChI=1S/C36H40S2/c1-5-6-7-8-9-10-11-12-13-27-18-22-30-32(24-27)37-35-31-23-19-28(25-33(31)38-34(30)35)15-14-26-16-20-29(21-17-26)36(2,3)4/h16-25H,5-13H2,1-4H3. The van der Waals surface area contributed by atoms with Gasteiger partial charge in [-0.2, -0.15) is 0 Å². The molecule has 2 heterocycles. The van der Waals surface area contributed by atoms with Gasteiger partial charge in [0.15, 0.2) is 0 Å². The molecule has 2 aromatic heterocycles. The van der Waals surface area contributed by atoms with Crippen molar-refractivity contribution in [2.45, 2.75) is 90.9 Å². The number of unbranched alkanes of at least 4 members (excludes halogenated alkanes) is 7. The summed E-state index contributed by atoms with van der Waals surface area (Å²) in [7, 11) is 0. The van der Waals surface area contributed by atoms with Crippen LogP contribution in [-0.4, -0.2) is 0 Å². The Morgan fingerprint density at radius 3 is 1.82 bits per heavy atom. The largest absolute Gasteiger partial charge is 0.134 e. The lowest BCUT2D eigenvalue weighted by Gasteiger charge is -2.18. The normalized spacial score (nSPS) is 11.9. The SMILES string of the molecule is CCCCCCCCCCc1ccc2c(c1)sc1c3ccc(C#Cc4ccc(C(C)(C)C)cc4)cc3sc21. The average molecular weight is 537 g/mol. The zero-order chi connectivity index (χ0) is 26.5. The van der Waals surface area contributed by atoms with Crippen LogP contribution in [0.3, 0.4) is 0 Å². The molecule has 0 aliphatic carbocycles. The molecular formula is C36H40S2. The van der Waals surface area contributed by atoms with Crippen molar-refractivity contribution in [1.82, 2.24) is 0 Å². The molecule has 0 fully saturated rings. The van der Waals surface area contributed by atoms with Gasteiger partial charge in [0, 0.05) is 31.3 Å². The van der Waals surface area contributed by atoms with Gasteiger partial charge in [-0.1, -0.05) is 115 Å². The third-order valence-corrected chi connectivity index (χ3v) is 10.1. The molecule has 0 amide bonds. The van der Waals surface area contributed by atoms with Gasteiger partial charge < -0.3 is 0 Å². The van der Waals surface area contributed by atoms with Crippen LogP contribution in [0.5, 0.6) is 0 Å². The molecule has 0 atom stereocenters. The molecule has 0 spiro atoms. The van der Waals surface area contributed by atoms with Crippen molar-refractivity contribution in [3.05, 3.63) is 82.9 Å². The van der Waals surface area contributed by atoms with Gasteiger partial charge in [-0.25, -0.2) is 0 Å². The molecule has 0 saturated heterocycles. The van der Waals surface area contributed by atoms with E-state index in [2.05, 4.69) is 100 Å². The summed E-state index contributed by atoms with van der Waals surface area (Å²) in [5.41, 5.74) is 5.16. The van der Waals surface area contributed by atoms with Crippen LogP contribution in [0.1, 0.15) is 101 Å². The van der Waals surface area contributed by atoms with Crippen molar-refractivity contribution in [3.8, 4) is 11.8 Å². The molecule has 3 aromatic carbocycles. The molecule has 0 nitrogen and oxygen atoms in total. The molecule has 2 heteroatoms. The Bertz CT molecular complexity index is 1580. The van der Waals surface area contributed by atoms with Gasteiger partial charge >= 0.3 is 0 Å². The Morgan fingerprint density at radius 2 is 1.16 bits per heavy atom. The number of aryl methyl sites for hydroxylation is 1. The van der Waals surface area contributed by atoms with Gasteiger partial charge in [-0.15, -0.1) is 22.7 Å². The minimum absolute atomic E-state index is 0.169. The highest BCUT2D eigenvalue weighted by atomic mass is 32.1. The molecule has 5 aromatic rings. The van der Waals surface area contributed by atoms with Crippen LogP contribution in [0.4, 0.5) is 0 Å². The van der Waals surface area contributed by atoms with Gasteiger partial charge in [0.25, 0.3) is 0 Å². The predicted octanol–water partition coefficient (Wildman–Crippen LogP) is 11.6. The van der Waals surface area contributed by atoms with Crippen molar-refractivity contribution in [2.24, 2.45) is 0 Å². The minimum atomic E-state index is 0.169. The highest BCUT2D eigenvalue weighted by molar-refractivity contribution is 7.36. The molecule has 196 valence electrons. The quantitative estimate of drug-likeness (QED) is 0.130. The van der Waals surface area contributed by atoms with Crippen molar-refractivity contribution >= 4 is 52.2 Å². The van der Waals surface area contributed by atoms with Crippen LogP contribution in [0.2, 0.25) is 0 Å². The zero-order valence-electron chi connectivity index (χ0n) is 23.5. The van der Waals surface area contributed by atoms with Crippen molar-refractivity contribution in [3.63, 3.8) is 0 Å². The van der Waals surface area contributed by atoms with Crippen LogP contribution in [0.15, 0.2) is 60.7 Å². The van der Waals surface area contributed by atoms with Gasteiger partial charge in [0.1, 0.15) is 0 Å². The Labute approximate surface area is 237 Å². The highest BCUT2D eigenvalue weighted by Gasteiger charge is 2.14. The second-order valence-electron chi connectivity index (χ2n) is 11.7. The van der Waals surface area contributed by atoms with E-state index in [1.807, 2.05) is 22.7 Å². The van der Waals surface area contributed by atoms with E-state index < -0.39 is 0 Å². The Kier molecular flexibility index (Phi) is 8.57. The Hall–Kier alpha value is -2.60. The summed E-state index contributed by atoms with van der Waals surface area (Å²) in [6.45, 7) is 9.02. The van der Waals surface area contributed by atoms with Gasteiger partial charge in [0.2, 0.25) is 0 Å². The summed E-state index contributed by atoms with van der Waals surface area (Å²) < 4.78 is 5.64. The van der Waals surface area contributed by atoms with E-state index in [9.17, 15) is 0 Å². The topological polar surface area (TPSA) is 0 Å². The van der Waals surface area contributed by atoms with Crippen LogP contribution >= 0.6 is 22.7 Å². The summed E-state index contributed by atoms with van der Waals surface area (Å²) >= 11 is 3.88. The second-order valence-corrected chi connectivity index (χ2v) is 13.8. The second kappa shape index (κ2) is 12.1. The number of hydrogen-bond acceptors (Lipinski definition) is 2. The molecule has 0 radical (unpaired) electrons. The molecule has 0 N–H and O–H groups in total. The maximum absolute atomic E-state index is 3.39. The minimum Gasteiger partial charge on any atom is -0.134 e. The first kappa shape index (κ1) is 27.0. The van der Waals surface area contributed by atoms with Gasteiger partial charge in [-0.05, 0) is 59.7 Å².